The lowest BCUT2D eigenvalue weighted by Crippen LogP contribution is -2.39. The number of hydrogen-bond acceptors (Lipinski definition) is 2. The molecule has 0 saturated heterocycles. The normalized spacial score (nSPS) is 11.8. The summed E-state index contributed by atoms with van der Waals surface area (Å²) in [5.74, 6) is -0.0284. The van der Waals surface area contributed by atoms with Crippen molar-refractivity contribution >= 4 is 11.8 Å². The van der Waals surface area contributed by atoms with Crippen LogP contribution in [0, 0.1) is 0 Å². The van der Waals surface area contributed by atoms with E-state index >= 15 is 0 Å². The SMILES string of the molecule is CCCCN(CC)C(=O)CC(C)NC(=O)c1ccccc1. The maximum absolute atomic E-state index is 12.2. The van der Waals surface area contributed by atoms with Crippen molar-refractivity contribution in [2.45, 2.75) is 46.1 Å². The van der Waals surface area contributed by atoms with Gasteiger partial charge in [0.05, 0.1) is 0 Å². The Hall–Kier alpha value is -1.84. The molecule has 0 aliphatic rings. The summed E-state index contributed by atoms with van der Waals surface area (Å²) >= 11 is 0. The Balaban J connectivity index is 2.47. The molecular weight excluding hydrogens is 264 g/mol. The van der Waals surface area contributed by atoms with Gasteiger partial charge in [-0.3, -0.25) is 9.59 Å². The van der Waals surface area contributed by atoms with Gasteiger partial charge in [0.1, 0.15) is 0 Å². The third kappa shape index (κ3) is 5.98. The van der Waals surface area contributed by atoms with Gasteiger partial charge in [0, 0.05) is 31.1 Å². The molecule has 1 N–H and O–H groups in total. The Bertz CT molecular complexity index is 445. The number of hydrogen-bond donors (Lipinski definition) is 1. The summed E-state index contributed by atoms with van der Waals surface area (Å²) in [4.78, 5) is 26.1. The first-order chi connectivity index (χ1) is 10.1. The van der Waals surface area contributed by atoms with Crippen LogP contribution < -0.4 is 5.32 Å². The quantitative estimate of drug-likeness (QED) is 0.800. The predicted octanol–water partition coefficient (Wildman–Crippen LogP) is 2.84. The van der Waals surface area contributed by atoms with Crippen molar-refractivity contribution in [3.8, 4) is 0 Å². The number of nitrogens with zero attached hydrogens (tertiary/aromatic N) is 1. The van der Waals surface area contributed by atoms with Gasteiger partial charge in [0.2, 0.25) is 5.91 Å². The fraction of sp³-hybridized carbons (Fsp3) is 0.529. The van der Waals surface area contributed by atoms with Gasteiger partial charge in [0.25, 0.3) is 5.91 Å². The number of amides is 2. The topological polar surface area (TPSA) is 49.4 Å². The molecule has 1 aromatic rings. The van der Waals surface area contributed by atoms with Gasteiger partial charge in [-0.05, 0) is 32.4 Å². The summed E-state index contributed by atoms with van der Waals surface area (Å²) in [6, 6.07) is 8.90. The Morgan fingerprint density at radius 2 is 1.86 bits per heavy atom. The van der Waals surface area contributed by atoms with Gasteiger partial charge in [-0.1, -0.05) is 31.5 Å². The highest BCUT2D eigenvalue weighted by Crippen LogP contribution is 2.04. The molecule has 0 aromatic heterocycles. The lowest BCUT2D eigenvalue weighted by atomic mass is 10.1. The number of benzene rings is 1. The molecule has 1 aromatic carbocycles. The van der Waals surface area contributed by atoms with Crippen molar-refractivity contribution in [3.05, 3.63) is 35.9 Å². The van der Waals surface area contributed by atoms with Gasteiger partial charge in [0.15, 0.2) is 0 Å². The third-order valence-corrected chi connectivity index (χ3v) is 3.41. The average Bonchev–Trinajstić information content (AvgIpc) is 2.48. The van der Waals surface area contributed by atoms with Gasteiger partial charge < -0.3 is 10.2 Å². The molecular formula is C17H26N2O2. The Morgan fingerprint density at radius 3 is 2.43 bits per heavy atom. The largest absolute Gasteiger partial charge is 0.349 e. The first-order valence-electron chi connectivity index (χ1n) is 7.72. The second-order valence-corrected chi connectivity index (χ2v) is 5.27. The maximum Gasteiger partial charge on any atom is 0.251 e. The predicted molar refractivity (Wildman–Crippen MR) is 85.1 cm³/mol. The fourth-order valence-corrected chi connectivity index (χ4v) is 2.15. The van der Waals surface area contributed by atoms with Gasteiger partial charge >= 0.3 is 0 Å². The van der Waals surface area contributed by atoms with Crippen LogP contribution in [0.1, 0.15) is 50.4 Å². The highest BCUT2D eigenvalue weighted by atomic mass is 16.2. The number of carbonyl (C=O) groups is 2. The van der Waals surface area contributed by atoms with E-state index < -0.39 is 0 Å². The second kappa shape index (κ2) is 9.16. The van der Waals surface area contributed by atoms with Crippen LogP contribution in [-0.2, 0) is 4.79 Å². The molecule has 0 bridgehead atoms. The molecule has 0 heterocycles. The van der Waals surface area contributed by atoms with Crippen molar-refractivity contribution in [2.75, 3.05) is 13.1 Å². The summed E-state index contributed by atoms with van der Waals surface area (Å²) in [5, 5.41) is 2.88. The molecule has 0 fully saturated rings. The molecule has 2 amide bonds. The lowest BCUT2D eigenvalue weighted by Gasteiger charge is -2.23. The zero-order valence-corrected chi connectivity index (χ0v) is 13.3. The lowest BCUT2D eigenvalue weighted by molar-refractivity contribution is -0.131. The minimum absolute atomic E-state index is 0.104. The van der Waals surface area contributed by atoms with Crippen molar-refractivity contribution in [1.82, 2.24) is 10.2 Å². The van der Waals surface area contributed by atoms with Gasteiger partial charge in [-0.25, -0.2) is 0 Å². The molecule has 1 unspecified atom stereocenters. The number of unbranched alkanes of at least 4 members (excludes halogenated alkanes) is 1. The van der Waals surface area contributed by atoms with Crippen LogP contribution in [0.2, 0.25) is 0 Å². The second-order valence-electron chi connectivity index (χ2n) is 5.27. The van der Waals surface area contributed by atoms with E-state index in [4.69, 9.17) is 0 Å². The van der Waals surface area contributed by atoms with Crippen LogP contribution in [-0.4, -0.2) is 35.8 Å². The first-order valence-corrected chi connectivity index (χ1v) is 7.72. The molecule has 1 atom stereocenters. The summed E-state index contributed by atoms with van der Waals surface area (Å²) in [6.45, 7) is 7.48. The van der Waals surface area contributed by atoms with Crippen molar-refractivity contribution < 1.29 is 9.59 Å². The maximum atomic E-state index is 12.2. The standard InChI is InChI=1S/C17H26N2O2/c1-4-6-12-19(5-2)16(20)13-14(3)18-17(21)15-10-8-7-9-11-15/h7-11,14H,4-6,12-13H2,1-3H3,(H,18,21). The number of nitrogens with one attached hydrogen (secondary N) is 1. The Kier molecular flexibility index (Phi) is 7.51. The van der Waals surface area contributed by atoms with E-state index in [1.165, 1.54) is 0 Å². The molecule has 0 spiro atoms. The molecule has 21 heavy (non-hydrogen) atoms. The van der Waals surface area contributed by atoms with Crippen LogP contribution >= 0.6 is 0 Å². The minimum atomic E-state index is -0.166. The van der Waals surface area contributed by atoms with Gasteiger partial charge in [-0.2, -0.15) is 0 Å². The van der Waals surface area contributed by atoms with Crippen LogP contribution in [0.25, 0.3) is 0 Å². The molecule has 4 nitrogen and oxygen atoms in total. The van der Waals surface area contributed by atoms with Crippen molar-refractivity contribution in [3.63, 3.8) is 0 Å². The van der Waals surface area contributed by atoms with E-state index in [1.54, 1.807) is 12.1 Å². The minimum Gasteiger partial charge on any atom is -0.349 e. The summed E-state index contributed by atoms with van der Waals surface area (Å²) in [5.41, 5.74) is 0.620. The smallest absolute Gasteiger partial charge is 0.251 e. The first kappa shape index (κ1) is 17.2. The third-order valence-electron chi connectivity index (χ3n) is 3.41. The zero-order valence-electron chi connectivity index (χ0n) is 13.3. The molecule has 116 valence electrons. The molecule has 0 aliphatic heterocycles. The highest BCUT2D eigenvalue weighted by molar-refractivity contribution is 5.94. The Labute approximate surface area is 127 Å². The van der Waals surface area contributed by atoms with E-state index in [9.17, 15) is 9.59 Å². The van der Waals surface area contributed by atoms with E-state index in [-0.39, 0.29) is 17.9 Å². The van der Waals surface area contributed by atoms with E-state index in [0.717, 1.165) is 25.9 Å². The van der Waals surface area contributed by atoms with Crippen LogP contribution in [0.3, 0.4) is 0 Å². The molecule has 0 saturated carbocycles. The fourth-order valence-electron chi connectivity index (χ4n) is 2.15. The Morgan fingerprint density at radius 1 is 1.19 bits per heavy atom. The van der Waals surface area contributed by atoms with E-state index in [2.05, 4.69) is 12.2 Å². The molecule has 1 rings (SSSR count). The molecule has 0 radical (unpaired) electrons. The van der Waals surface area contributed by atoms with Crippen LogP contribution in [0.15, 0.2) is 30.3 Å². The monoisotopic (exact) mass is 290 g/mol. The van der Waals surface area contributed by atoms with E-state index in [1.807, 2.05) is 36.9 Å². The zero-order chi connectivity index (χ0) is 15.7. The number of carbonyl (C=O) groups excluding carboxylic acids is 2. The average molecular weight is 290 g/mol. The summed E-state index contributed by atoms with van der Waals surface area (Å²) < 4.78 is 0. The number of rotatable bonds is 8. The van der Waals surface area contributed by atoms with Crippen molar-refractivity contribution in [2.24, 2.45) is 0 Å². The highest BCUT2D eigenvalue weighted by Gasteiger charge is 2.16. The molecule has 4 heteroatoms. The summed E-state index contributed by atoms with van der Waals surface area (Å²) in [7, 11) is 0. The van der Waals surface area contributed by atoms with Crippen LogP contribution in [0.4, 0.5) is 0 Å². The van der Waals surface area contributed by atoms with Crippen LogP contribution in [0.5, 0.6) is 0 Å². The van der Waals surface area contributed by atoms with Crippen molar-refractivity contribution in [1.29, 1.82) is 0 Å². The summed E-state index contributed by atoms with van der Waals surface area (Å²) in [6.07, 6.45) is 2.44. The van der Waals surface area contributed by atoms with Gasteiger partial charge in [-0.15, -0.1) is 0 Å². The molecule has 0 aliphatic carbocycles. The van der Waals surface area contributed by atoms with E-state index in [0.29, 0.717) is 12.0 Å².